The molecule has 0 radical (unpaired) electrons. The van der Waals surface area contributed by atoms with Crippen molar-refractivity contribution in [3.8, 4) is 5.75 Å². The summed E-state index contributed by atoms with van der Waals surface area (Å²) in [7, 11) is 1.61. The number of ether oxygens (including phenoxy) is 2. The first-order chi connectivity index (χ1) is 9.90. The number of hydrogen-bond acceptors (Lipinski definition) is 4. The molecule has 21 heavy (non-hydrogen) atoms. The van der Waals surface area contributed by atoms with Crippen LogP contribution in [0.1, 0.15) is 26.3 Å². The molecule has 5 nitrogen and oxygen atoms in total. The minimum atomic E-state index is -0.486. The summed E-state index contributed by atoms with van der Waals surface area (Å²) in [5.74, 6) is 0.707. The van der Waals surface area contributed by atoms with Crippen molar-refractivity contribution < 1.29 is 18.7 Å². The number of benzene rings is 1. The van der Waals surface area contributed by atoms with Crippen molar-refractivity contribution in [2.45, 2.75) is 32.8 Å². The molecule has 0 aliphatic rings. The fourth-order valence-corrected chi connectivity index (χ4v) is 2.05. The fraction of sp³-hybridized carbons (Fsp3) is 0.438. The molecule has 0 aliphatic carbocycles. The number of para-hydroxylation sites is 1. The van der Waals surface area contributed by atoms with Crippen LogP contribution in [-0.2, 0) is 11.2 Å². The average Bonchev–Trinajstić information content (AvgIpc) is 2.80. The van der Waals surface area contributed by atoms with E-state index < -0.39 is 11.7 Å². The monoisotopic (exact) mass is 291 g/mol. The van der Waals surface area contributed by atoms with E-state index >= 15 is 0 Å². The maximum Gasteiger partial charge on any atom is 0.407 e. The molecule has 1 aromatic heterocycles. The second-order valence-electron chi connectivity index (χ2n) is 5.78. The minimum absolute atomic E-state index is 0.409. The van der Waals surface area contributed by atoms with Crippen LogP contribution in [0, 0.1) is 0 Å². The van der Waals surface area contributed by atoms with Gasteiger partial charge in [-0.1, -0.05) is 12.1 Å². The van der Waals surface area contributed by atoms with Crippen LogP contribution in [0.3, 0.4) is 0 Å². The molecule has 0 saturated carbocycles. The molecule has 0 saturated heterocycles. The molecule has 1 aromatic carbocycles. The van der Waals surface area contributed by atoms with E-state index in [0.717, 1.165) is 16.5 Å². The van der Waals surface area contributed by atoms with E-state index in [1.807, 2.05) is 39.0 Å². The lowest BCUT2D eigenvalue weighted by Gasteiger charge is -2.19. The summed E-state index contributed by atoms with van der Waals surface area (Å²) in [5, 5.41) is 3.74. The molecule has 0 fully saturated rings. The Balaban J connectivity index is 1.97. The topological polar surface area (TPSA) is 60.7 Å². The predicted molar refractivity (Wildman–Crippen MR) is 80.7 cm³/mol. The van der Waals surface area contributed by atoms with Gasteiger partial charge in [-0.15, -0.1) is 0 Å². The van der Waals surface area contributed by atoms with Gasteiger partial charge in [-0.2, -0.15) is 0 Å². The maximum atomic E-state index is 11.6. The summed E-state index contributed by atoms with van der Waals surface area (Å²) >= 11 is 0. The van der Waals surface area contributed by atoms with E-state index in [1.165, 1.54) is 0 Å². The maximum absolute atomic E-state index is 11.6. The van der Waals surface area contributed by atoms with Gasteiger partial charge in [0.2, 0.25) is 0 Å². The highest BCUT2D eigenvalue weighted by Crippen LogP contribution is 2.29. The average molecular weight is 291 g/mol. The molecule has 114 valence electrons. The SMILES string of the molecule is COc1cccc2c(CCNC(=O)OC(C)(C)C)coc12. The second-order valence-corrected chi connectivity index (χ2v) is 5.78. The van der Waals surface area contributed by atoms with Crippen molar-refractivity contribution in [3.05, 3.63) is 30.0 Å². The number of carbonyl (C=O) groups excluding carboxylic acids is 1. The van der Waals surface area contributed by atoms with Crippen molar-refractivity contribution >= 4 is 17.1 Å². The van der Waals surface area contributed by atoms with Gasteiger partial charge >= 0.3 is 6.09 Å². The molecule has 5 heteroatoms. The predicted octanol–water partition coefficient (Wildman–Crippen LogP) is 3.51. The van der Waals surface area contributed by atoms with Crippen molar-refractivity contribution in [2.75, 3.05) is 13.7 Å². The van der Waals surface area contributed by atoms with Crippen molar-refractivity contribution in [2.24, 2.45) is 0 Å². The zero-order chi connectivity index (χ0) is 15.5. The standard InChI is InChI=1S/C16H21NO4/c1-16(2,3)21-15(18)17-9-8-11-10-20-14-12(11)6-5-7-13(14)19-4/h5-7,10H,8-9H2,1-4H3,(H,17,18). The van der Waals surface area contributed by atoms with Crippen LogP contribution < -0.4 is 10.1 Å². The third-order valence-corrected chi connectivity index (χ3v) is 2.93. The van der Waals surface area contributed by atoms with E-state index in [-0.39, 0.29) is 0 Å². The molecular formula is C16H21NO4. The Morgan fingerprint density at radius 3 is 2.76 bits per heavy atom. The molecule has 1 amide bonds. The lowest BCUT2D eigenvalue weighted by Crippen LogP contribution is -2.33. The number of carbonyl (C=O) groups is 1. The summed E-state index contributed by atoms with van der Waals surface area (Å²) in [6, 6.07) is 5.75. The zero-order valence-corrected chi connectivity index (χ0v) is 12.9. The van der Waals surface area contributed by atoms with Gasteiger partial charge in [-0.05, 0) is 33.3 Å². The first-order valence-electron chi connectivity index (χ1n) is 6.90. The van der Waals surface area contributed by atoms with E-state index in [9.17, 15) is 4.79 Å². The number of methoxy groups -OCH3 is 1. The van der Waals surface area contributed by atoms with Crippen LogP contribution in [0.5, 0.6) is 5.75 Å². The van der Waals surface area contributed by atoms with Crippen LogP contribution in [0.25, 0.3) is 11.0 Å². The Morgan fingerprint density at radius 2 is 2.10 bits per heavy atom. The lowest BCUT2D eigenvalue weighted by molar-refractivity contribution is 0.0528. The Hall–Kier alpha value is -2.17. The summed E-state index contributed by atoms with van der Waals surface area (Å²) in [5.41, 5.74) is 1.27. The zero-order valence-electron chi connectivity index (χ0n) is 12.9. The third kappa shape index (κ3) is 3.90. The van der Waals surface area contributed by atoms with Crippen LogP contribution in [0.2, 0.25) is 0 Å². The molecule has 0 aliphatic heterocycles. The van der Waals surface area contributed by atoms with Crippen molar-refractivity contribution in [1.29, 1.82) is 0 Å². The quantitative estimate of drug-likeness (QED) is 0.936. The Kier molecular flexibility index (Phi) is 4.40. The number of fused-ring (bicyclic) bond motifs is 1. The number of amides is 1. The number of hydrogen-bond donors (Lipinski definition) is 1. The third-order valence-electron chi connectivity index (χ3n) is 2.93. The number of furan rings is 1. The fourth-order valence-electron chi connectivity index (χ4n) is 2.05. The molecule has 1 heterocycles. The molecular weight excluding hydrogens is 270 g/mol. The summed E-state index contributed by atoms with van der Waals surface area (Å²) in [6.45, 7) is 5.99. The molecule has 0 bridgehead atoms. The van der Waals surface area contributed by atoms with Crippen LogP contribution in [-0.4, -0.2) is 25.3 Å². The minimum Gasteiger partial charge on any atom is -0.493 e. The molecule has 2 rings (SSSR count). The Bertz CT molecular complexity index is 625. The molecule has 1 N–H and O–H groups in total. The highest BCUT2D eigenvalue weighted by Gasteiger charge is 2.16. The normalized spacial score (nSPS) is 11.4. The smallest absolute Gasteiger partial charge is 0.407 e. The van der Waals surface area contributed by atoms with E-state index in [4.69, 9.17) is 13.9 Å². The summed E-state index contributed by atoms with van der Waals surface area (Å²) < 4.78 is 16.0. The van der Waals surface area contributed by atoms with Crippen LogP contribution in [0.15, 0.2) is 28.9 Å². The highest BCUT2D eigenvalue weighted by atomic mass is 16.6. The van der Waals surface area contributed by atoms with E-state index in [0.29, 0.717) is 18.7 Å². The molecule has 2 aromatic rings. The van der Waals surface area contributed by atoms with Gasteiger partial charge in [-0.25, -0.2) is 4.79 Å². The number of rotatable bonds is 4. The van der Waals surface area contributed by atoms with Gasteiger partial charge in [0.15, 0.2) is 11.3 Å². The summed E-state index contributed by atoms with van der Waals surface area (Å²) in [4.78, 5) is 11.6. The first-order valence-corrected chi connectivity index (χ1v) is 6.90. The van der Waals surface area contributed by atoms with E-state index in [1.54, 1.807) is 13.4 Å². The number of nitrogens with one attached hydrogen (secondary N) is 1. The first kappa shape index (κ1) is 15.2. The van der Waals surface area contributed by atoms with Crippen molar-refractivity contribution in [3.63, 3.8) is 0 Å². The van der Waals surface area contributed by atoms with Gasteiger partial charge in [0, 0.05) is 17.5 Å². The number of alkyl carbamates (subject to hydrolysis) is 1. The highest BCUT2D eigenvalue weighted by molar-refractivity contribution is 5.86. The largest absolute Gasteiger partial charge is 0.493 e. The molecule has 0 atom stereocenters. The van der Waals surface area contributed by atoms with Crippen LogP contribution >= 0.6 is 0 Å². The van der Waals surface area contributed by atoms with E-state index in [2.05, 4.69) is 5.32 Å². The Labute approximate surface area is 124 Å². The van der Waals surface area contributed by atoms with Gasteiger partial charge in [0.25, 0.3) is 0 Å². The van der Waals surface area contributed by atoms with Crippen LogP contribution in [0.4, 0.5) is 4.79 Å². The van der Waals surface area contributed by atoms with Gasteiger partial charge < -0.3 is 19.2 Å². The molecule has 0 unspecified atom stereocenters. The Morgan fingerprint density at radius 1 is 1.33 bits per heavy atom. The summed E-state index contributed by atoms with van der Waals surface area (Å²) in [6.07, 6.45) is 1.96. The van der Waals surface area contributed by atoms with Gasteiger partial charge in [-0.3, -0.25) is 0 Å². The molecule has 0 spiro atoms. The van der Waals surface area contributed by atoms with Gasteiger partial charge in [0.05, 0.1) is 13.4 Å². The lowest BCUT2D eigenvalue weighted by atomic mass is 10.1. The van der Waals surface area contributed by atoms with Crippen molar-refractivity contribution in [1.82, 2.24) is 5.32 Å². The second kappa shape index (κ2) is 6.08. The van der Waals surface area contributed by atoms with Gasteiger partial charge in [0.1, 0.15) is 5.60 Å².